The third-order valence-electron chi connectivity index (χ3n) is 3.85. The van der Waals surface area contributed by atoms with Gasteiger partial charge in [-0.3, -0.25) is 4.79 Å². The van der Waals surface area contributed by atoms with E-state index in [9.17, 15) is 4.79 Å². The molecule has 2 aliphatic carbocycles. The molecule has 1 heterocycles. The maximum absolute atomic E-state index is 12.3. The van der Waals surface area contributed by atoms with Crippen LogP contribution in [0.3, 0.4) is 0 Å². The molecule has 1 amide bonds. The first-order valence-corrected chi connectivity index (χ1v) is 6.72. The van der Waals surface area contributed by atoms with Crippen LogP contribution in [0.1, 0.15) is 25.7 Å². The Morgan fingerprint density at radius 2 is 1.89 bits per heavy atom. The van der Waals surface area contributed by atoms with Gasteiger partial charge in [0.2, 0.25) is 5.91 Å². The number of amides is 1. The lowest BCUT2D eigenvalue weighted by Crippen LogP contribution is -2.26. The van der Waals surface area contributed by atoms with Gasteiger partial charge in [0.1, 0.15) is 5.82 Å². The number of carbonyl (C=O) groups is 1. The van der Waals surface area contributed by atoms with E-state index in [4.69, 9.17) is 0 Å². The van der Waals surface area contributed by atoms with Crippen molar-refractivity contribution >= 4 is 29.8 Å². The normalized spacial score (nSPS) is 17.8. The Bertz CT molecular complexity index is 429. The molecule has 0 saturated heterocycles. The zero-order valence-corrected chi connectivity index (χ0v) is 11.9. The minimum absolute atomic E-state index is 0. The summed E-state index contributed by atoms with van der Waals surface area (Å²) in [4.78, 5) is 16.5. The van der Waals surface area contributed by atoms with Crippen molar-refractivity contribution in [3.8, 4) is 0 Å². The van der Waals surface area contributed by atoms with E-state index in [0.29, 0.717) is 11.8 Å². The van der Waals surface area contributed by atoms with Crippen molar-refractivity contribution in [2.75, 3.05) is 17.7 Å². The lowest BCUT2D eigenvalue weighted by molar-refractivity contribution is -0.121. The highest BCUT2D eigenvalue weighted by Gasteiger charge is 2.45. The lowest BCUT2D eigenvalue weighted by Gasteiger charge is -2.15. The van der Waals surface area contributed by atoms with Crippen molar-refractivity contribution in [1.29, 1.82) is 0 Å². The molecule has 0 bridgehead atoms. The number of halogens is 1. The van der Waals surface area contributed by atoms with Crippen molar-refractivity contribution in [1.82, 2.24) is 4.98 Å². The molecule has 4 nitrogen and oxygen atoms in total. The molecule has 0 unspecified atom stereocenters. The van der Waals surface area contributed by atoms with E-state index < -0.39 is 0 Å². The van der Waals surface area contributed by atoms with E-state index >= 15 is 0 Å². The smallest absolute Gasteiger partial charge is 0.228 e. The Balaban J connectivity index is 0.00000133. The number of pyridine rings is 1. The monoisotopic (exact) mass is 281 g/mol. The predicted octanol–water partition coefficient (Wildman–Crippen LogP) is 2.92. The van der Waals surface area contributed by atoms with Crippen LogP contribution in [0, 0.1) is 17.8 Å². The summed E-state index contributed by atoms with van der Waals surface area (Å²) in [6, 6.07) is 3.77. The molecule has 1 aromatic heterocycles. The molecule has 0 aromatic carbocycles. The number of carbonyl (C=O) groups excluding carboxylic acids is 1. The summed E-state index contributed by atoms with van der Waals surface area (Å²) in [5, 5.41) is 5.97. The van der Waals surface area contributed by atoms with Gasteiger partial charge in [-0.05, 0) is 49.7 Å². The van der Waals surface area contributed by atoms with E-state index in [1.54, 1.807) is 6.20 Å². The second-order valence-electron chi connectivity index (χ2n) is 5.37. The first-order chi connectivity index (χ1) is 8.78. The van der Waals surface area contributed by atoms with Gasteiger partial charge in [-0.15, -0.1) is 12.4 Å². The maximum Gasteiger partial charge on any atom is 0.228 e. The molecule has 3 rings (SSSR count). The molecule has 5 heteroatoms. The molecule has 0 radical (unpaired) electrons. The summed E-state index contributed by atoms with van der Waals surface area (Å²) in [5.74, 6) is 2.53. The second-order valence-corrected chi connectivity index (χ2v) is 5.37. The molecule has 1 aromatic rings. The Kier molecular flexibility index (Phi) is 4.30. The number of nitrogens with one attached hydrogen (secondary N) is 2. The minimum atomic E-state index is 0. The summed E-state index contributed by atoms with van der Waals surface area (Å²) in [7, 11) is 1.83. The van der Waals surface area contributed by atoms with Gasteiger partial charge in [-0.25, -0.2) is 4.98 Å². The fourth-order valence-electron chi connectivity index (χ4n) is 2.57. The van der Waals surface area contributed by atoms with Crippen molar-refractivity contribution in [3.63, 3.8) is 0 Å². The van der Waals surface area contributed by atoms with Crippen LogP contribution in [0.2, 0.25) is 0 Å². The largest absolute Gasteiger partial charge is 0.373 e. The maximum atomic E-state index is 12.3. The summed E-state index contributed by atoms with van der Waals surface area (Å²) in [6.07, 6.45) is 6.62. The van der Waals surface area contributed by atoms with Crippen LogP contribution in [0.4, 0.5) is 11.5 Å². The molecule has 2 aliphatic rings. The molecular weight excluding hydrogens is 262 g/mol. The predicted molar refractivity (Wildman–Crippen MR) is 78.6 cm³/mol. The SMILES string of the molecule is CNc1ccc(NC(=O)C(C2CC2)C2CC2)cn1.Cl. The number of anilines is 2. The molecule has 2 saturated carbocycles. The summed E-state index contributed by atoms with van der Waals surface area (Å²) in [6.45, 7) is 0. The highest BCUT2D eigenvalue weighted by atomic mass is 35.5. The summed E-state index contributed by atoms with van der Waals surface area (Å²) in [5.41, 5.74) is 0.797. The summed E-state index contributed by atoms with van der Waals surface area (Å²) >= 11 is 0. The van der Waals surface area contributed by atoms with Gasteiger partial charge in [0.15, 0.2) is 0 Å². The minimum Gasteiger partial charge on any atom is -0.373 e. The number of hydrogen-bond donors (Lipinski definition) is 2. The van der Waals surface area contributed by atoms with Crippen LogP contribution in [0.5, 0.6) is 0 Å². The highest BCUT2D eigenvalue weighted by molar-refractivity contribution is 5.93. The van der Waals surface area contributed by atoms with Gasteiger partial charge in [0.05, 0.1) is 11.9 Å². The average Bonchev–Trinajstić information content (AvgIpc) is 3.24. The fraction of sp³-hybridized carbons (Fsp3) is 0.571. The van der Waals surface area contributed by atoms with Gasteiger partial charge >= 0.3 is 0 Å². The fourth-order valence-corrected chi connectivity index (χ4v) is 2.57. The topological polar surface area (TPSA) is 54.0 Å². The number of rotatable bonds is 5. The second kappa shape index (κ2) is 5.78. The molecule has 0 spiro atoms. The molecule has 104 valence electrons. The number of nitrogens with zero attached hydrogens (tertiary/aromatic N) is 1. The van der Waals surface area contributed by atoms with E-state index in [1.807, 2.05) is 19.2 Å². The molecule has 2 N–H and O–H groups in total. The van der Waals surface area contributed by atoms with Crippen molar-refractivity contribution in [3.05, 3.63) is 18.3 Å². The van der Waals surface area contributed by atoms with Crippen LogP contribution in [0.25, 0.3) is 0 Å². The van der Waals surface area contributed by atoms with Crippen LogP contribution in [-0.4, -0.2) is 17.9 Å². The summed E-state index contributed by atoms with van der Waals surface area (Å²) < 4.78 is 0. The van der Waals surface area contributed by atoms with Crippen LogP contribution in [0.15, 0.2) is 18.3 Å². The zero-order chi connectivity index (χ0) is 12.5. The van der Waals surface area contributed by atoms with Crippen LogP contribution >= 0.6 is 12.4 Å². The third kappa shape index (κ3) is 3.38. The number of aromatic nitrogens is 1. The zero-order valence-electron chi connectivity index (χ0n) is 11.1. The third-order valence-corrected chi connectivity index (χ3v) is 3.85. The first-order valence-electron chi connectivity index (χ1n) is 6.72. The quantitative estimate of drug-likeness (QED) is 0.872. The average molecular weight is 282 g/mol. The first kappa shape index (κ1) is 14.1. The van der Waals surface area contributed by atoms with E-state index in [1.165, 1.54) is 25.7 Å². The van der Waals surface area contributed by atoms with Gasteiger partial charge in [0, 0.05) is 13.0 Å². The van der Waals surface area contributed by atoms with Crippen molar-refractivity contribution in [2.45, 2.75) is 25.7 Å². The molecule has 2 fully saturated rings. The Morgan fingerprint density at radius 3 is 2.32 bits per heavy atom. The Hall–Kier alpha value is -1.29. The number of hydrogen-bond acceptors (Lipinski definition) is 3. The Morgan fingerprint density at radius 1 is 1.26 bits per heavy atom. The molecule has 0 atom stereocenters. The van der Waals surface area contributed by atoms with Gasteiger partial charge < -0.3 is 10.6 Å². The molecule has 19 heavy (non-hydrogen) atoms. The van der Waals surface area contributed by atoms with Crippen LogP contribution in [-0.2, 0) is 4.79 Å². The van der Waals surface area contributed by atoms with E-state index in [0.717, 1.165) is 11.5 Å². The van der Waals surface area contributed by atoms with Gasteiger partial charge in [-0.2, -0.15) is 0 Å². The van der Waals surface area contributed by atoms with E-state index in [2.05, 4.69) is 15.6 Å². The Labute approximate surface area is 119 Å². The highest BCUT2D eigenvalue weighted by Crippen LogP contribution is 2.49. The van der Waals surface area contributed by atoms with Gasteiger partial charge in [0.25, 0.3) is 0 Å². The molecule has 0 aliphatic heterocycles. The lowest BCUT2D eigenvalue weighted by atomic mass is 9.97. The van der Waals surface area contributed by atoms with Crippen molar-refractivity contribution < 1.29 is 4.79 Å². The molecular formula is C14H20ClN3O. The van der Waals surface area contributed by atoms with E-state index in [-0.39, 0.29) is 24.2 Å². The van der Waals surface area contributed by atoms with Gasteiger partial charge in [-0.1, -0.05) is 0 Å². The van der Waals surface area contributed by atoms with Crippen LogP contribution < -0.4 is 10.6 Å². The standard InChI is InChI=1S/C14H19N3O.ClH/c1-15-12-7-6-11(8-16-12)17-14(18)13(9-2-3-9)10-4-5-10;/h6-10,13H,2-5H2,1H3,(H,15,16)(H,17,18);1H. The van der Waals surface area contributed by atoms with Crippen molar-refractivity contribution in [2.24, 2.45) is 17.8 Å².